The van der Waals surface area contributed by atoms with Crippen LogP contribution in [0.1, 0.15) is 153 Å². The Morgan fingerprint density at radius 3 is 2.28 bits per heavy atom. The van der Waals surface area contributed by atoms with E-state index in [-0.39, 0.29) is 30.4 Å². The SMILES string of the molecule is CCCCCCCCC=CCCCCCCCC(=O)OC(C(=O)OC1=CC[C@@]2(O)[C@H]3Cc4ccc(OC(=O)OC(C)(C)C)c5c4[C@@]2(CCN3C)[C@H]1O5)c1ccccc1. The molecule has 1 spiro atoms. The van der Waals surface area contributed by atoms with Crippen molar-refractivity contribution >= 4 is 18.1 Å². The maximum Gasteiger partial charge on any atom is 0.514 e. The molecule has 6 rings (SSSR count). The molecular formula is C48H65NO9. The van der Waals surface area contributed by atoms with Crippen LogP contribution in [0.3, 0.4) is 0 Å². The maximum atomic E-state index is 14.2. The Kier molecular flexibility index (Phi) is 14.4. The van der Waals surface area contributed by atoms with Crippen LogP contribution in [0.15, 0.2) is 66.5 Å². The highest BCUT2D eigenvalue weighted by Gasteiger charge is 2.72. The van der Waals surface area contributed by atoms with E-state index >= 15 is 0 Å². The molecule has 0 amide bonds. The summed E-state index contributed by atoms with van der Waals surface area (Å²) in [7, 11) is 2.02. The van der Waals surface area contributed by atoms with E-state index in [1.807, 2.05) is 19.2 Å². The number of piperidine rings is 1. The summed E-state index contributed by atoms with van der Waals surface area (Å²) < 4.78 is 29.9. The van der Waals surface area contributed by atoms with Crippen LogP contribution in [0.5, 0.6) is 11.5 Å². The third-order valence-corrected chi connectivity index (χ3v) is 12.3. The largest absolute Gasteiger partial charge is 0.514 e. The minimum Gasteiger partial charge on any atom is -0.477 e. The van der Waals surface area contributed by atoms with Gasteiger partial charge in [-0.25, -0.2) is 9.59 Å². The first-order valence-electron chi connectivity index (χ1n) is 21.9. The topological polar surface area (TPSA) is 121 Å². The molecule has 2 bridgehead atoms. The van der Waals surface area contributed by atoms with Gasteiger partial charge in [0.15, 0.2) is 17.6 Å². The molecule has 0 radical (unpaired) electrons. The molecule has 1 fully saturated rings. The summed E-state index contributed by atoms with van der Waals surface area (Å²) in [5.41, 5.74) is -0.744. The number of carbonyl (C=O) groups is 3. The summed E-state index contributed by atoms with van der Waals surface area (Å²) in [6.45, 7) is 8.19. The highest BCUT2D eigenvalue weighted by Crippen LogP contribution is 2.65. The number of aliphatic hydroxyl groups is 1. The molecule has 1 saturated heterocycles. The molecule has 10 heteroatoms. The Labute approximate surface area is 345 Å². The van der Waals surface area contributed by atoms with E-state index in [4.69, 9.17) is 23.7 Å². The van der Waals surface area contributed by atoms with Crippen molar-refractivity contribution in [3.63, 3.8) is 0 Å². The number of carbonyl (C=O) groups excluding carboxylic acids is 3. The van der Waals surface area contributed by atoms with E-state index in [0.717, 1.165) is 43.2 Å². The number of likely N-dealkylation sites (tertiary alicyclic amines) is 1. The van der Waals surface area contributed by atoms with Crippen molar-refractivity contribution in [1.29, 1.82) is 0 Å². The zero-order chi connectivity index (χ0) is 41.3. The summed E-state index contributed by atoms with van der Waals surface area (Å²) in [4.78, 5) is 42.4. The van der Waals surface area contributed by atoms with Crippen LogP contribution < -0.4 is 9.47 Å². The van der Waals surface area contributed by atoms with Gasteiger partial charge in [0.25, 0.3) is 0 Å². The summed E-state index contributed by atoms with van der Waals surface area (Å²) in [6, 6.07) is 12.3. The van der Waals surface area contributed by atoms with Gasteiger partial charge in [0.2, 0.25) is 6.10 Å². The van der Waals surface area contributed by atoms with E-state index in [0.29, 0.717) is 37.1 Å². The normalized spacial score (nSPS) is 23.7. The van der Waals surface area contributed by atoms with Crippen LogP contribution >= 0.6 is 0 Å². The van der Waals surface area contributed by atoms with Gasteiger partial charge in [0.1, 0.15) is 11.4 Å². The lowest BCUT2D eigenvalue weighted by Gasteiger charge is -2.61. The molecule has 1 unspecified atom stereocenters. The van der Waals surface area contributed by atoms with E-state index in [1.165, 1.54) is 44.9 Å². The van der Waals surface area contributed by atoms with Crippen molar-refractivity contribution in [2.45, 2.75) is 172 Å². The predicted octanol–water partition coefficient (Wildman–Crippen LogP) is 10.1. The molecule has 2 aliphatic carbocycles. The van der Waals surface area contributed by atoms with Gasteiger partial charge < -0.3 is 33.7 Å². The lowest BCUT2D eigenvalue weighted by Crippen LogP contribution is -2.74. The van der Waals surface area contributed by atoms with Crippen molar-refractivity contribution in [2.24, 2.45) is 0 Å². The molecule has 4 aliphatic rings. The van der Waals surface area contributed by atoms with Crippen molar-refractivity contribution < 1.29 is 43.2 Å². The molecule has 0 aromatic heterocycles. The van der Waals surface area contributed by atoms with E-state index < -0.39 is 46.9 Å². The summed E-state index contributed by atoms with van der Waals surface area (Å²) >= 11 is 0. The van der Waals surface area contributed by atoms with Gasteiger partial charge in [-0.2, -0.15) is 0 Å². The molecule has 10 nitrogen and oxygen atoms in total. The lowest BCUT2D eigenvalue weighted by molar-refractivity contribution is -0.176. The zero-order valence-electron chi connectivity index (χ0n) is 35.4. The Bertz CT molecular complexity index is 1800. The molecule has 0 saturated carbocycles. The first-order chi connectivity index (χ1) is 27.9. The van der Waals surface area contributed by atoms with Gasteiger partial charge in [0, 0.05) is 30.0 Å². The quantitative estimate of drug-likeness (QED) is 0.0456. The highest BCUT2D eigenvalue weighted by atomic mass is 16.7. The average molecular weight is 800 g/mol. The summed E-state index contributed by atoms with van der Waals surface area (Å²) in [5.74, 6) is -0.460. The monoisotopic (exact) mass is 799 g/mol. The number of hydrogen-bond acceptors (Lipinski definition) is 10. The van der Waals surface area contributed by atoms with Gasteiger partial charge in [-0.3, -0.25) is 4.79 Å². The molecule has 2 aromatic carbocycles. The van der Waals surface area contributed by atoms with Crippen molar-refractivity contribution in [1.82, 2.24) is 4.90 Å². The Morgan fingerprint density at radius 1 is 0.914 bits per heavy atom. The minimum atomic E-state index is -1.29. The number of esters is 2. The van der Waals surface area contributed by atoms with Gasteiger partial charge >= 0.3 is 18.1 Å². The summed E-state index contributed by atoms with van der Waals surface area (Å²) in [5, 5.41) is 12.7. The fourth-order valence-electron chi connectivity index (χ4n) is 9.45. The second kappa shape index (κ2) is 19.3. The number of likely N-dealkylation sites (N-methyl/N-ethyl adjacent to an activating group) is 1. The predicted molar refractivity (Wildman–Crippen MR) is 223 cm³/mol. The molecule has 58 heavy (non-hydrogen) atoms. The molecule has 2 aliphatic heterocycles. The van der Waals surface area contributed by atoms with Crippen LogP contribution in [0.2, 0.25) is 0 Å². The van der Waals surface area contributed by atoms with E-state index in [1.54, 1.807) is 57.2 Å². The molecule has 5 atom stereocenters. The Balaban J connectivity index is 1.08. The van der Waals surface area contributed by atoms with Crippen molar-refractivity contribution in [3.8, 4) is 11.5 Å². The number of benzene rings is 2. The Morgan fingerprint density at radius 2 is 1.59 bits per heavy atom. The third-order valence-electron chi connectivity index (χ3n) is 12.3. The smallest absolute Gasteiger partial charge is 0.477 e. The van der Waals surface area contributed by atoms with Crippen LogP contribution in [0.25, 0.3) is 0 Å². The van der Waals surface area contributed by atoms with Gasteiger partial charge in [-0.1, -0.05) is 107 Å². The van der Waals surface area contributed by atoms with E-state index in [2.05, 4.69) is 24.0 Å². The number of nitrogens with zero attached hydrogens (tertiary/aromatic N) is 1. The van der Waals surface area contributed by atoms with Crippen molar-refractivity contribution in [3.05, 3.63) is 83.1 Å². The number of hydrogen-bond donors (Lipinski definition) is 1. The third kappa shape index (κ3) is 9.65. The summed E-state index contributed by atoms with van der Waals surface area (Å²) in [6.07, 6.45) is 19.9. The maximum absolute atomic E-state index is 14.2. The first kappa shape index (κ1) is 43.4. The molecule has 1 N–H and O–H groups in total. The fraction of sp³-hybridized carbons (Fsp3) is 0.604. The van der Waals surface area contributed by atoms with Gasteiger partial charge in [-0.15, -0.1) is 0 Å². The number of allylic oxidation sites excluding steroid dienone is 2. The molecule has 2 heterocycles. The van der Waals surface area contributed by atoms with Crippen LogP contribution in [-0.4, -0.2) is 65.0 Å². The molecule has 316 valence electrons. The van der Waals surface area contributed by atoms with Gasteiger partial charge in [0.05, 0.1) is 11.0 Å². The second-order valence-corrected chi connectivity index (χ2v) is 17.7. The Hall–Kier alpha value is -4.15. The van der Waals surface area contributed by atoms with Crippen molar-refractivity contribution in [2.75, 3.05) is 13.6 Å². The fourth-order valence-corrected chi connectivity index (χ4v) is 9.45. The van der Waals surface area contributed by atoms with Gasteiger partial charge in [-0.05, 0) is 97.0 Å². The molecular weight excluding hydrogens is 735 g/mol. The van der Waals surface area contributed by atoms with Crippen LogP contribution in [-0.2, 0) is 35.6 Å². The van der Waals surface area contributed by atoms with E-state index in [9.17, 15) is 19.5 Å². The lowest BCUT2D eigenvalue weighted by atomic mass is 9.50. The minimum absolute atomic E-state index is 0.175. The number of ether oxygens (including phenoxy) is 5. The second-order valence-electron chi connectivity index (χ2n) is 17.7. The number of rotatable bonds is 20. The number of unbranched alkanes of at least 4 members (excludes halogenated alkanes) is 11. The zero-order valence-corrected chi connectivity index (χ0v) is 35.4. The standard InChI is InChI=1S/C48H65NO9/c1-6-7-8-9-10-11-12-13-14-15-16-17-18-19-23-26-39(50)56-41(34-24-21-20-22-25-34)44(51)54-37-29-30-48(53)38-33-35-27-28-36(55-45(52)58-46(2,3)4)42-40(35)47(48,43(37)57-42)31-32-49(38)5/h13-14,20-22,24-25,27-29,38,41,43,53H,6-12,15-19,23,26,30-33H2,1-5H3/t38-,41?,43+,47+,48-/m1/s1. The van der Waals surface area contributed by atoms with Crippen LogP contribution in [0.4, 0.5) is 4.79 Å². The first-order valence-corrected chi connectivity index (χ1v) is 21.9. The van der Waals surface area contributed by atoms with Crippen LogP contribution in [0, 0.1) is 0 Å². The molecule has 2 aromatic rings. The highest BCUT2D eigenvalue weighted by molar-refractivity contribution is 5.82. The average Bonchev–Trinajstić information content (AvgIpc) is 3.54.